The fraction of sp³-hybridized carbons (Fsp3) is 0.786. The maximum Gasteiger partial charge on any atom is 0.228 e. The highest BCUT2D eigenvalue weighted by molar-refractivity contribution is 5.89. The van der Waals surface area contributed by atoms with E-state index < -0.39 is 0 Å². The number of amides is 3. The van der Waals surface area contributed by atoms with Crippen molar-refractivity contribution in [3.63, 3.8) is 0 Å². The lowest BCUT2D eigenvalue weighted by Gasteiger charge is -2.23. The van der Waals surface area contributed by atoms with E-state index in [1.165, 1.54) is 12.8 Å². The van der Waals surface area contributed by atoms with Crippen LogP contribution in [0, 0.1) is 11.8 Å². The predicted molar refractivity (Wildman–Crippen MR) is 71.6 cm³/mol. The molecule has 0 radical (unpaired) electrons. The zero-order chi connectivity index (χ0) is 14.1. The second kappa shape index (κ2) is 5.42. The molecule has 6 nitrogen and oxygen atoms in total. The van der Waals surface area contributed by atoms with Crippen molar-refractivity contribution in [2.75, 3.05) is 32.7 Å². The number of carbonyl (C=O) groups is 3. The standard InChI is InChI=1S/C14H21N3O3/c18-12-3-5-16(6-4-15-12)14(20)11-7-13(19)17(9-11)8-10-1-2-10/h10-11H,1-9H2,(H,15,18). The Morgan fingerprint density at radius 3 is 2.80 bits per heavy atom. The maximum absolute atomic E-state index is 12.5. The molecule has 3 aliphatic rings. The molecule has 6 heteroatoms. The van der Waals surface area contributed by atoms with Crippen molar-refractivity contribution in [1.29, 1.82) is 0 Å². The van der Waals surface area contributed by atoms with Gasteiger partial charge in [0.1, 0.15) is 0 Å². The molecule has 2 aliphatic heterocycles. The number of hydrogen-bond donors (Lipinski definition) is 1. The van der Waals surface area contributed by atoms with Crippen molar-refractivity contribution in [2.45, 2.75) is 25.7 Å². The summed E-state index contributed by atoms with van der Waals surface area (Å²) in [6, 6.07) is 0. The van der Waals surface area contributed by atoms with Crippen LogP contribution in [-0.2, 0) is 14.4 Å². The van der Waals surface area contributed by atoms with Gasteiger partial charge in [-0.05, 0) is 18.8 Å². The van der Waals surface area contributed by atoms with Gasteiger partial charge < -0.3 is 15.1 Å². The second-order valence-electron chi connectivity index (χ2n) is 6.07. The van der Waals surface area contributed by atoms with Gasteiger partial charge in [-0.1, -0.05) is 0 Å². The summed E-state index contributed by atoms with van der Waals surface area (Å²) in [5, 5.41) is 2.76. The van der Waals surface area contributed by atoms with Crippen LogP contribution >= 0.6 is 0 Å². The van der Waals surface area contributed by atoms with Crippen LogP contribution in [0.1, 0.15) is 25.7 Å². The Bertz CT molecular complexity index is 433. The summed E-state index contributed by atoms with van der Waals surface area (Å²) in [7, 11) is 0. The van der Waals surface area contributed by atoms with E-state index in [0.717, 1.165) is 6.54 Å². The third kappa shape index (κ3) is 2.94. The first-order chi connectivity index (χ1) is 9.63. The highest BCUT2D eigenvalue weighted by Crippen LogP contribution is 2.32. The number of carbonyl (C=O) groups excluding carboxylic acids is 3. The summed E-state index contributed by atoms with van der Waals surface area (Å²) in [6.45, 7) is 2.92. The van der Waals surface area contributed by atoms with Crippen molar-refractivity contribution in [3.8, 4) is 0 Å². The minimum atomic E-state index is -0.213. The van der Waals surface area contributed by atoms with Gasteiger partial charge in [0.25, 0.3) is 0 Å². The highest BCUT2D eigenvalue weighted by Gasteiger charge is 2.38. The van der Waals surface area contributed by atoms with Gasteiger partial charge in [-0.2, -0.15) is 0 Å². The minimum Gasteiger partial charge on any atom is -0.354 e. The first kappa shape index (κ1) is 13.4. The molecule has 0 aromatic carbocycles. The van der Waals surface area contributed by atoms with E-state index in [-0.39, 0.29) is 23.6 Å². The average molecular weight is 279 g/mol. The van der Waals surface area contributed by atoms with Crippen molar-refractivity contribution in [2.24, 2.45) is 11.8 Å². The summed E-state index contributed by atoms with van der Waals surface area (Å²) in [6.07, 6.45) is 3.12. The largest absolute Gasteiger partial charge is 0.354 e. The Morgan fingerprint density at radius 2 is 2.05 bits per heavy atom. The van der Waals surface area contributed by atoms with Gasteiger partial charge in [0.05, 0.1) is 5.92 Å². The Morgan fingerprint density at radius 1 is 1.25 bits per heavy atom. The molecule has 3 fully saturated rings. The summed E-state index contributed by atoms with van der Waals surface area (Å²) >= 11 is 0. The van der Waals surface area contributed by atoms with E-state index in [0.29, 0.717) is 44.9 Å². The van der Waals surface area contributed by atoms with Crippen LogP contribution < -0.4 is 5.32 Å². The second-order valence-corrected chi connectivity index (χ2v) is 6.07. The zero-order valence-electron chi connectivity index (χ0n) is 11.6. The first-order valence-corrected chi connectivity index (χ1v) is 7.47. The molecule has 3 rings (SSSR count). The molecule has 2 heterocycles. The lowest BCUT2D eigenvalue weighted by molar-refractivity contribution is -0.135. The van der Waals surface area contributed by atoms with E-state index in [4.69, 9.17) is 0 Å². The van der Waals surface area contributed by atoms with Crippen LogP contribution in [0.3, 0.4) is 0 Å². The Hall–Kier alpha value is -1.59. The van der Waals surface area contributed by atoms with E-state index in [1.807, 2.05) is 4.90 Å². The number of nitrogens with zero attached hydrogens (tertiary/aromatic N) is 2. The van der Waals surface area contributed by atoms with Crippen LogP contribution in [0.15, 0.2) is 0 Å². The van der Waals surface area contributed by atoms with Crippen LogP contribution in [0.2, 0.25) is 0 Å². The molecule has 1 N–H and O–H groups in total. The zero-order valence-corrected chi connectivity index (χ0v) is 11.6. The van der Waals surface area contributed by atoms with E-state index in [1.54, 1.807) is 4.90 Å². The smallest absolute Gasteiger partial charge is 0.228 e. The summed E-state index contributed by atoms with van der Waals surface area (Å²) in [5.74, 6) is 0.591. The molecule has 2 saturated heterocycles. The van der Waals surface area contributed by atoms with Crippen molar-refractivity contribution in [3.05, 3.63) is 0 Å². The molecule has 1 atom stereocenters. The third-order valence-electron chi connectivity index (χ3n) is 4.36. The Kier molecular flexibility index (Phi) is 3.63. The average Bonchev–Trinajstić information content (AvgIpc) is 3.18. The topological polar surface area (TPSA) is 69.7 Å². The first-order valence-electron chi connectivity index (χ1n) is 7.47. The lowest BCUT2D eigenvalue weighted by Crippen LogP contribution is -2.39. The quantitative estimate of drug-likeness (QED) is 0.764. The van der Waals surface area contributed by atoms with Crippen molar-refractivity contribution < 1.29 is 14.4 Å². The number of rotatable bonds is 3. The molecule has 20 heavy (non-hydrogen) atoms. The van der Waals surface area contributed by atoms with Gasteiger partial charge >= 0.3 is 0 Å². The third-order valence-corrected chi connectivity index (χ3v) is 4.36. The molecule has 0 aromatic heterocycles. The van der Waals surface area contributed by atoms with E-state index in [2.05, 4.69) is 5.32 Å². The number of likely N-dealkylation sites (tertiary alicyclic amines) is 1. The van der Waals surface area contributed by atoms with Gasteiger partial charge in [-0.3, -0.25) is 14.4 Å². The molecule has 110 valence electrons. The monoisotopic (exact) mass is 279 g/mol. The highest BCUT2D eigenvalue weighted by atomic mass is 16.2. The SMILES string of the molecule is O=C1CCN(C(=O)C2CC(=O)N(CC3CC3)C2)CCN1. The van der Waals surface area contributed by atoms with Crippen molar-refractivity contribution in [1.82, 2.24) is 15.1 Å². The number of hydrogen-bond acceptors (Lipinski definition) is 3. The molecule has 1 unspecified atom stereocenters. The summed E-state index contributed by atoms with van der Waals surface area (Å²) in [5.41, 5.74) is 0. The Labute approximate surface area is 118 Å². The van der Waals surface area contributed by atoms with Crippen LogP contribution in [-0.4, -0.2) is 60.2 Å². The number of nitrogens with one attached hydrogen (secondary N) is 1. The van der Waals surface area contributed by atoms with Gasteiger partial charge in [0.15, 0.2) is 0 Å². The molecule has 1 aliphatic carbocycles. The molecule has 1 saturated carbocycles. The summed E-state index contributed by atoms with van der Waals surface area (Å²) < 4.78 is 0. The minimum absolute atomic E-state index is 0.00171. The Balaban J connectivity index is 1.56. The fourth-order valence-electron chi connectivity index (χ4n) is 2.97. The fourth-order valence-corrected chi connectivity index (χ4v) is 2.97. The molecule has 3 amide bonds. The van der Waals surface area contributed by atoms with Gasteiger partial charge in [-0.15, -0.1) is 0 Å². The summed E-state index contributed by atoms with van der Waals surface area (Å²) in [4.78, 5) is 39.3. The molecular weight excluding hydrogens is 258 g/mol. The maximum atomic E-state index is 12.5. The van der Waals surface area contributed by atoms with Crippen LogP contribution in [0.5, 0.6) is 0 Å². The lowest BCUT2D eigenvalue weighted by atomic mass is 10.1. The molecule has 0 bridgehead atoms. The normalized spacial score (nSPS) is 27.5. The molecule has 0 aromatic rings. The van der Waals surface area contributed by atoms with E-state index in [9.17, 15) is 14.4 Å². The van der Waals surface area contributed by atoms with Gasteiger partial charge in [-0.25, -0.2) is 0 Å². The molecule has 0 spiro atoms. The molecular formula is C14H21N3O3. The predicted octanol–water partition coefficient (Wildman–Crippen LogP) is -0.407. The van der Waals surface area contributed by atoms with Gasteiger partial charge in [0.2, 0.25) is 17.7 Å². The van der Waals surface area contributed by atoms with Gasteiger partial charge in [0, 0.05) is 45.6 Å². The van der Waals surface area contributed by atoms with Crippen LogP contribution in [0.4, 0.5) is 0 Å². The van der Waals surface area contributed by atoms with E-state index >= 15 is 0 Å². The van der Waals surface area contributed by atoms with Crippen LogP contribution in [0.25, 0.3) is 0 Å². The van der Waals surface area contributed by atoms with Crippen molar-refractivity contribution >= 4 is 17.7 Å².